The first-order valence-corrected chi connectivity index (χ1v) is 5.09. The molecule has 4 heteroatoms. The van der Waals surface area contributed by atoms with Crippen molar-refractivity contribution in [1.82, 2.24) is 9.78 Å². The number of nitriles is 1. The zero-order chi connectivity index (χ0) is 11.5. The number of benzene rings is 1. The van der Waals surface area contributed by atoms with Crippen LogP contribution < -0.4 is 5.73 Å². The Kier molecular flexibility index (Phi) is 2.61. The van der Waals surface area contributed by atoms with E-state index >= 15 is 0 Å². The van der Waals surface area contributed by atoms with Gasteiger partial charge in [-0.15, -0.1) is 0 Å². The number of rotatable bonds is 2. The first-order chi connectivity index (χ1) is 7.74. The molecule has 4 nitrogen and oxygen atoms in total. The smallest absolute Gasteiger partial charge is 0.146 e. The maximum absolute atomic E-state index is 8.71. The van der Waals surface area contributed by atoms with Crippen molar-refractivity contribution in [2.45, 2.75) is 13.3 Å². The Balaban J connectivity index is 2.46. The van der Waals surface area contributed by atoms with Crippen LogP contribution in [0.15, 0.2) is 30.3 Å². The lowest BCUT2D eigenvalue weighted by molar-refractivity contribution is 0.817. The van der Waals surface area contributed by atoms with Gasteiger partial charge in [-0.1, -0.05) is 6.92 Å². The van der Waals surface area contributed by atoms with Gasteiger partial charge in [-0.2, -0.15) is 10.4 Å². The second kappa shape index (κ2) is 4.07. The second-order valence-electron chi connectivity index (χ2n) is 3.48. The highest BCUT2D eigenvalue weighted by molar-refractivity contribution is 5.42. The van der Waals surface area contributed by atoms with Gasteiger partial charge in [0.15, 0.2) is 0 Å². The number of nitrogens with two attached hydrogens (primary N) is 1. The van der Waals surface area contributed by atoms with Crippen LogP contribution in [-0.2, 0) is 6.42 Å². The summed E-state index contributed by atoms with van der Waals surface area (Å²) < 4.78 is 1.80. The molecule has 16 heavy (non-hydrogen) atoms. The van der Waals surface area contributed by atoms with E-state index in [1.165, 1.54) is 0 Å². The molecule has 0 amide bonds. The molecule has 0 aliphatic rings. The maximum atomic E-state index is 8.71. The van der Waals surface area contributed by atoms with Gasteiger partial charge in [0.2, 0.25) is 0 Å². The van der Waals surface area contributed by atoms with Crippen molar-refractivity contribution < 1.29 is 0 Å². The van der Waals surface area contributed by atoms with Crippen molar-refractivity contribution in [3.8, 4) is 11.8 Å². The minimum atomic E-state index is 0.515. The number of aromatic nitrogens is 2. The fraction of sp³-hybridized carbons (Fsp3) is 0.167. The molecule has 0 atom stereocenters. The van der Waals surface area contributed by atoms with E-state index in [9.17, 15) is 0 Å². The summed E-state index contributed by atoms with van der Waals surface area (Å²) in [5.74, 6) is 0.515. The molecule has 0 saturated heterocycles. The number of nitrogens with zero attached hydrogens (tertiary/aromatic N) is 3. The number of aryl methyl sites for hydroxylation is 1. The molecular weight excluding hydrogens is 200 g/mol. The summed E-state index contributed by atoms with van der Waals surface area (Å²) in [5, 5.41) is 12.9. The van der Waals surface area contributed by atoms with Crippen LogP contribution in [0.1, 0.15) is 18.2 Å². The van der Waals surface area contributed by atoms with Crippen molar-refractivity contribution in [3.63, 3.8) is 0 Å². The van der Waals surface area contributed by atoms with E-state index < -0.39 is 0 Å². The van der Waals surface area contributed by atoms with E-state index in [-0.39, 0.29) is 0 Å². The van der Waals surface area contributed by atoms with E-state index in [0.29, 0.717) is 11.4 Å². The lowest BCUT2D eigenvalue weighted by Gasteiger charge is -2.04. The molecule has 0 aliphatic heterocycles. The molecule has 0 saturated carbocycles. The van der Waals surface area contributed by atoms with Crippen LogP contribution >= 0.6 is 0 Å². The summed E-state index contributed by atoms with van der Waals surface area (Å²) in [6.07, 6.45) is 0.865. The molecule has 1 aromatic carbocycles. The topological polar surface area (TPSA) is 67.6 Å². The van der Waals surface area contributed by atoms with Crippen LogP contribution in [0.3, 0.4) is 0 Å². The van der Waals surface area contributed by atoms with E-state index in [1.807, 2.05) is 18.2 Å². The molecule has 0 bridgehead atoms. The summed E-state index contributed by atoms with van der Waals surface area (Å²) in [7, 11) is 0. The van der Waals surface area contributed by atoms with Crippen LogP contribution in [0, 0.1) is 11.3 Å². The zero-order valence-corrected chi connectivity index (χ0v) is 9.01. The summed E-state index contributed by atoms with van der Waals surface area (Å²) >= 11 is 0. The van der Waals surface area contributed by atoms with Crippen molar-refractivity contribution >= 4 is 5.82 Å². The predicted molar refractivity (Wildman–Crippen MR) is 62.1 cm³/mol. The zero-order valence-electron chi connectivity index (χ0n) is 9.01. The lowest BCUT2D eigenvalue weighted by Crippen LogP contribution is -2.01. The summed E-state index contributed by atoms with van der Waals surface area (Å²) in [6.45, 7) is 2.05. The molecular formula is C12H12N4. The number of anilines is 1. The Hall–Kier alpha value is -2.28. The van der Waals surface area contributed by atoms with Gasteiger partial charge in [-0.3, -0.25) is 0 Å². The molecule has 0 radical (unpaired) electrons. The van der Waals surface area contributed by atoms with Gasteiger partial charge in [0, 0.05) is 11.8 Å². The minimum Gasteiger partial charge on any atom is -0.382 e. The van der Waals surface area contributed by atoms with Crippen LogP contribution in [0.5, 0.6) is 0 Å². The third-order valence-electron chi connectivity index (χ3n) is 2.41. The molecule has 0 unspecified atom stereocenters. The van der Waals surface area contributed by atoms with Crippen LogP contribution in [0.4, 0.5) is 5.82 Å². The molecule has 0 spiro atoms. The Labute approximate surface area is 93.9 Å². The number of hydrogen-bond acceptors (Lipinski definition) is 3. The standard InChI is InChI=1S/C12H12N4/c1-2-10-7-12(14)15-16(10)11-5-3-9(8-13)4-6-11/h3-7H,2H2,1H3,(H2,14,15). The normalized spacial score (nSPS) is 10.0. The molecule has 2 N–H and O–H groups in total. The van der Waals surface area contributed by atoms with E-state index in [1.54, 1.807) is 16.8 Å². The van der Waals surface area contributed by atoms with Crippen molar-refractivity contribution in [2.24, 2.45) is 0 Å². The van der Waals surface area contributed by atoms with Gasteiger partial charge in [-0.05, 0) is 30.7 Å². The molecule has 1 heterocycles. The monoisotopic (exact) mass is 212 g/mol. The highest BCUT2D eigenvalue weighted by Gasteiger charge is 2.05. The summed E-state index contributed by atoms with van der Waals surface area (Å²) in [5.41, 5.74) is 8.29. The van der Waals surface area contributed by atoms with Gasteiger partial charge in [0.05, 0.1) is 17.3 Å². The van der Waals surface area contributed by atoms with Gasteiger partial charge < -0.3 is 5.73 Å². The summed E-state index contributed by atoms with van der Waals surface area (Å²) in [6, 6.07) is 11.2. The molecule has 1 aromatic heterocycles. The van der Waals surface area contributed by atoms with E-state index in [4.69, 9.17) is 11.0 Å². The first kappa shape index (κ1) is 10.2. The Morgan fingerprint density at radius 2 is 2.06 bits per heavy atom. The number of hydrogen-bond donors (Lipinski definition) is 1. The van der Waals surface area contributed by atoms with Gasteiger partial charge in [-0.25, -0.2) is 4.68 Å². The summed E-state index contributed by atoms with van der Waals surface area (Å²) in [4.78, 5) is 0. The van der Waals surface area contributed by atoms with Crippen LogP contribution in [0.2, 0.25) is 0 Å². The average molecular weight is 212 g/mol. The predicted octanol–water partition coefficient (Wildman–Crippen LogP) is 1.89. The minimum absolute atomic E-state index is 0.515. The van der Waals surface area contributed by atoms with E-state index in [0.717, 1.165) is 17.8 Å². The molecule has 80 valence electrons. The third kappa shape index (κ3) is 1.75. The van der Waals surface area contributed by atoms with Gasteiger partial charge in [0.25, 0.3) is 0 Å². The highest BCUT2D eigenvalue weighted by atomic mass is 15.3. The van der Waals surface area contributed by atoms with E-state index in [2.05, 4.69) is 18.1 Å². The van der Waals surface area contributed by atoms with Crippen LogP contribution in [0.25, 0.3) is 5.69 Å². The first-order valence-electron chi connectivity index (χ1n) is 5.09. The highest BCUT2D eigenvalue weighted by Crippen LogP contribution is 2.15. The van der Waals surface area contributed by atoms with Crippen molar-refractivity contribution in [3.05, 3.63) is 41.6 Å². The molecule has 2 aromatic rings. The van der Waals surface area contributed by atoms with Crippen molar-refractivity contribution in [1.29, 1.82) is 5.26 Å². The molecule has 0 fully saturated rings. The average Bonchev–Trinajstić information content (AvgIpc) is 2.70. The third-order valence-corrected chi connectivity index (χ3v) is 2.41. The Morgan fingerprint density at radius 1 is 1.38 bits per heavy atom. The SMILES string of the molecule is CCc1cc(N)nn1-c1ccc(C#N)cc1. The maximum Gasteiger partial charge on any atom is 0.146 e. The Morgan fingerprint density at radius 3 is 2.62 bits per heavy atom. The quantitative estimate of drug-likeness (QED) is 0.826. The van der Waals surface area contributed by atoms with Gasteiger partial charge >= 0.3 is 0 Å². The van der Waals surface area contributed by atoms with Crippen LogP contribution in [-0.4, -0.2) is 9.78 Å². The second-order valence-corrected chi connectivity index (χ2v) is 3.48. The van der Waals surface area contributed by atoms with Gasteiger partial charge in [0.1, 0.15) is 5.82 Å². The Bertz CT molecular complexity index is 531. The number of nitrogen functional groups attached to an aromatic ring is 1. The largest absolute Gasteiger partial charge is 0.382 e. The fourth-order valence-corrected chi connectivity index (χ4v) is 1.59. The lowest BCUT2D eigenvalue weighted by atomic mass is 10.2. The molecule has 0 aliphatic carbocycles. The fourth-order valence-electron chi connectivity index (χ4n) is 1.59. The van der Waals surface area contributed by atoms with Crippen molar-refractivity contribution in [2.75, 3.05) is 5.73 Å². The molecule has 2 rings (SSSR count).